The summed E-state index contributed by atoms with van der Waals surface area (Å²) >= 11 is 0. The molecule has 4 amide bonds. The number of imide groups is 1. The van der Waals surface area contributed by atoms with E-state index in [2.05, 4.69) is 10.3 Å². The van der Waals surface area contributed by atoms with Crippen LogP contribution in [0.4, 0.5) is 0 Å². The van der Waals surface area contributed by atoms with Crippen LogP contribution >= 0.6 is 0 Å². The van der Waals surface area contributed by atoms with Crippen molar-refractivity contribution in [3.05, 3.63) is 60.2 Å². The molecule has 2 atom stereocenters. The highest BCUT2D eigenvalue weighted by atomic mass is 16.2. The maximum atomic E-state index is 13.7. The number of aliphatic imine (C=N–C) groups is 1. The minimum Gasteiger partial charge on any atom is -0.370 e. The van der Waals surface area contributed by atoms with Crippen molar-refractivity contribution >= 4 is 29.6 Å². The molecule has 0 saturated heterocycles. The first kappa shape index (κ1) is 32.9. The molecule has 0 fully saturated rings. The number of carbonyl (C=O) groups excluding carboxylic acids is 4. The monoisotopic (exact) mass is 566 g/mol. The van der Waals surface area contributed by atoms with Gasteiger partial charge in [-0.3, -0.25) is 29.1 Å². The van der Waals surface area contributed by atoms with E-state index in [4.69, 9.17) is 28.7 Å². The van der Waals surface area contributed by atoms with Crippen LogP contribution in [-0.2, 0) is 25.6 Å². The molecule has 0 radical (unpaired) electrons. The van der Waals surface area contributed by atoms with Crippen molar-refractivity contribution in [3.8, 4) is 11.1 Å². The summed E-state index contributed by atoms with van der Waals surface area (Å²) in [6.45, 7) is 0.858. The molecule has 11 N–H and O–H groups in total. The number of carbonyl (C=O) groups is 4. The number of hydrogen-bond acceptors (Lipinski definition) is 7. The van der Waals surface area contributed by atoms with Crippen LogP contribution in [0.3, 0.4) is 0 Å². The predicted octanol–water partition coefficient (Wildman–Crippen LogP) is 0.121. The van der Waals surface area contributed by atoms with Crippen LogP contribution < -0.4 is 34.0 Å². The fourth-order valence-electron chi connectivity index (χ4n) is 4.19. The van der Waals surface area contributed by atoms with E-state index < -0.39 is 35.7 Å². The summed E-state index contributed by atoms with van der Waals surface area (Å²) in [6.07, 6.45) is 2.00. The van der Waals surface area contributed by atoms with Crippen LogP contribution in [0.15, 0.2) is 59.6 Å². The van der Waals surface area contributed by atoms with Gasteiger partial charge in [0.1, 0.15) is 6.04 Å². The highest BCUT2D eigenvalue weighted by Crippen LogP contribution is 2.20. The van der Waals surface area contributed by atoms with Gasteiger partial charge in [0.2, 0.25) is 17.7 Å². The SMILES string of the molecule is NCCCC[C@H](NC(=O)[C@@H](N)CC(N)=O)C(=O)N(CCCCN=C(N)N)C(=O)Cc1ccc(-c2ccccc2)cc1. The normalized spacial score (nSPS) is 12.1. The van der Waals surface area contributed by atoms with Crippen LogP contribution in [0.1, 0.15) is 44.1 Å². The number of primary amides is 1. The molecule has 0 spiro atoms. The number of guanidine groups is 1. The highest BCUT2D eigenvalue weighted by molar-refractivity contribution is 6.00. The third kappa shape index (κ3) is 11.8. The van der Waals surface area contributed by atoms with Gasteiger partial charge in [0.15, 0.2) is 5.96 Å². The number of benzene rings is 2. The lowest BCUT2D eigenvalue weighted by molar-refractivity contribution is -0.147. The topological polar surface area (TPSA) is 226 Å². The summed E-state index contributed by atoms with van der Waals surface area (Å²) in [7, 11) is 0. The Labute approximate surface area is 240 Å². The van der Waals surface area contributed by atoms with E-state index in [9.17, 15) is 19.2 Å². The second-order valence-corrected chi connectivity index (χ2v) is 9.76. The molecule has 12 nitrogen and oxygen atoms in total. The fraction of sp³-hybridized carbons (Fsp3) is 0.414. The summed E-state index contributed by atoms with van der Waals surface area (Å²) in [5.41, 5.74) is 30.1. The molecule has 2 aromatic rings. The van der Waals surface area contributed by atoms with Crippen LogP contribution in [-0.4, -0.2) is 66.2 Å². The molecular weight excluding hydrogens is 524 g/mol. The maximum Gasteiger partial charge on any atom is 0.251 e. The Kier molecular flexibility index (Phi) is 14.0. The van der Waals surface area contributed by atoms with Crippen LogP contribution in [0, 0.1) is 0 Å². The number of hydrogen-bond donors (Lipinski definition) is 6. The van der Waals surface area contributed by atoms with Crippen molar-refractivity contribution < 1.29 is 19.2 Å². The van der Waals surface area contributed by atoms with Crippen molar-refractivity contribution in [1.29, 1.82) is 0 Å². The standard InChI is InChI=1S/C29H42N8O4/c30-15-5-4-10-24(36-27(40)23(31)19-25(32)38)28(41)37(17-7-6-16-35-29(33)34)26(39)18-20-11-13-22(14-12-20)21-8-2-1-3-9-21/h1-3,8-9,11-14,23-24H,4-7,10,15-19,30-31H2,(H2,32,38)(H,36,40)(H4,33,34,35)/t23-,24-/m0/s1. The summed E-state index contributed by atoms with van der Waals surface area (Å²) < 4.78 is 0. The number of nitrogens with one attached hydrogen (secondary N) is 1. The molecule has 0 bridgehead atoms. The van der Waals surface area contributed by atoms with Crippen molar-refractivity contribution in [1.82, 2.24) is 10.2 Å². The van der Waals surface area contributed by atoms with Gasteiger partial charge in [-0.2, -0.15) is 0 Å². The maximum absolute atomic E-state index is 13.7. The Hall–Kier alpha value is -4.29. The Morgan fingerprint density at radius 3 is 2.12 bits per heavy atom. The number of rotatable bonds is 17. The zero-order chi connectivity index (χ0) is 30.2. The molecule has 0 unspecified atom stereocenters. The number of nitrogens with two attached hydrogens (primary N) is 5. The number of amides is 4. The van der Waals surface area contributed by atoms with E-state index in [1.807, 2.05) is 54.6 Å². The lowest BCUT2D eigenvalue weighted by atomic mass is 10.0. The summed E-state index contributed by atoms with van der Waals surface area (Å²) in [5.74, 6) is -2.46. The molecule has 0 aromatic heterocycles. The zero-order valence-electron chi connectivity index (χ0n) is 23.3. The van der Waals surface area contributed by atoms with Gasteiger partial charge in [0.25, 0.3) is 5.91 Å². The van der Waals surface area contributed by atoms with Crippen LogP contribution in [0.2, 0.25) is 0 Å². The van der Waals surface area contributed by atoms with Gasteiger partial charge >= 0.3 is 0 Å². The first-order valence-corrected chi connectivity index (χ1v) is 13.7. The number of unbranched alkanes of at least 4 members (excludes halogenated alkanes) is 2. The van der Waals surface area contributed by atoms with Crippen LogP contribution in [0.5, 0.6) is 0 Å². The Morgan fingerprint density at radius 1 is 0.854 bits per heavy atom. The average molecular weight is 567 g/mol. The van der Waals surface area contributed by atoms with Crippen molar-refractivity contribution in [2.75, 3.05) is 19.6 Å². The average Bonchev–Trinajstić information content (AvgIpc) is 2.94. The van der Waals surface area contributed by atoms with Gasteiger partial charge in [-0.1, -0.05) is 54.6 Å². The Bertz CT molecular complexity index is 1170. The molecular formula is C29H42N8O4. The molecule has 2 aromatic carbocycles. The summed E-state index contributed by atoms with van der Waals surface area (Å²) in [6, 6.07) is 15.1. The number of nitrogens with zero attached hydrogens (tertiary/aromatic N) is 2. The van der Waals surface area contributed by atoms with E-state index in [-0.39, 0.29) is 31.8 Å². The van der Waals surface area contributed by atoms with Gasteiger partial charge in [-0.05, 0) is 55.3 Å². The molecule has 12 heteroatoms. The third-order valence-corrected chi connectivity index (χ3v) is 6.39. The van der Waals surface area contributed by atoms with Gasteiger partial charge in [-0.15, -0.1) is 0 Å². The predicted molar refractivity (Wildman–Crippen MR) is 159 cm³/mol. The van der Waals surface area contributed by atoms with Crippen molar-refractivity contribution in [3.63, 3.8) is 0 Å². The largest absolute Gasteiger partial charge is 0.370 e. The second kappa shape index (κ2) is 17.4. The first-order valence-electron chi connectivity index (χ1n) is 13.7. The van der Waals surface area contributed by atoms with Gasteiger partial charge < -0.3 is 34.0 Å². The van der Waals surface area contributed by atoms with Crippen molar-refractivity contribution in [2.24, 2.45) is 33.7 Å². The van der Waals surface area contributed by atoms with E-state index in [0.717, 1.165) is 21.6 Å². The smallest absolute Gasteiger partial charge is 0.251 e. The van der Waals surface area contributed by atoms with Crippen LogP contribution in [0.25, 0.3) is 11.1 Å². The lowest BCUT2D eigenvalue weighted by Gasteiger charge is -2.27. The molecule has 0 saturated carbocycles. The molecule has 0 heterocycles. The zero-order valence-corrected chi connectivity index (χ0v) is 23.3. The molecule has 41 heavy (non-hydrogen) atoms. The third-order valence-electron chi connectivity index (χ3n) is 6.39. The molecule has 222 valence electrons. The molecule has 0 aliphatic carbocycles. The lowest BCUT2D eigenvalue weighted by Crippen LogP contribution is -2.54. The molecule has 2 rings (SSSR count). The first-order chi connectivity index (χ1) is 19.6. The Balaban J connectivity index is 2.23. The van der Waals surface area contributed by atoms with E-state index in [1.54, 1.807) is 0 Å². The highest BCUT2D eigenvalue weighted by Gasteiger charge is 2.31. The Morgan fingerprint density at radius 2 is 1.51 bits per heavy atom. The minimum atomic E-state index is -1.22. The molecule has 0 aliphatic heterocycles. The molecule has 0 aliphatic rings. The minimum absolute atomic E-state index is 0.0145. The van der Waals surface area contributed by atoms with E-state index in [1.165, 1.54) is 0 Å². The van der Waals surface area contributed by atoms with Gasteiger partial charge in [0.05, 0.1) is 18.9 Å². The van der Waals surface area contributed by atoms with Gasteiger partial charge in [0, 0.05) is 13.1 Å². The van der Waals surface area contributed by atoms with E-state index in [0.29, 0.717) is 38.8 Å². The second-order valence-electron chi connectivity index (χ2n) is 9.76. The fourth-order valence-corrected chi connectivity index (χ4v) is 4.19. The summed E-state index contributed by atoms with van der Waals surface area (Å²) in [5, 5.41) is 2.61. The van der Waals surface area contributed by atoms with Gasteiger partial charge in [-0.25, -0.2) is 0 Å². The quantitative estimate of drug-likeness (QED) is 0.0873. The van der Waals surface area contributed by atoms with E-state index >= 15 is 0 Å². The van der Waals surface area contributed by atoms with Crippen molar-refractivity contribution in [2.45, 2.75) is 57.0 Å². The summed E-state index contributed by atoms with van der Waals surface area (Å²) in [4.78, 5) is 56.2.